The van der Waals surface area contributed by atoms with Crippen molar-refractivity contribution in [1.82, 2.24) is 0 Å². The molecule has 0 fully saturated rings. The highest BCUT2D eigenvalue weighted by Gasteiger charge is 2.16. The standard InChI is InChI=1S/C17H16O3.H3O4P/c1-3-13-8-10-14(11-9-13)16(18)20-17(19)15-7-5-4-6-12(15)2;1-5(2,3)4/h4-11H,3H2,1-2H3;(H3,1,2,3,4). The van der Waals surface area contributed by atoms with E-state index in [0.29, 0.717) is 11.1 Å². The Bertz CT molecular complexity index is 770. The molecule has 0 aliphatic carbocycles. The van der Waals surface area contributed by atoms with Gasteiger partial charge in [0.05, 0.1) is 11.1 Å². The second-order valence-corrected chi connectivity index (χ2v) is 6.08. The van der Waals surface area contributed by atoms with Gasteiger partial charge in [0.2, 0.25) is 0 Å². The van der Waals surface area contributed by atoms with Gasteiger partial charge < -0.3 is 19.4 Å². The van der Waals surface area contributed by atoms with Crippen LogP contribution < -0.4 is 0 Å². The Labute approximate surface area is 145 Å². The molecule has 0 saturated heterocycles. The van der Waals surface area contributed by atoms with Gasteiger partial charge in [0.15, 0.2) is 0 Å². The molecule has 0 aliphatic heterocycles. The topological polar surface area (TPSA) is 121 Å². The fourth-order valence-corrected chi connectivity index (χ4v) is 1.88. The van der Waals surface area contributed by atoms with Gasteiger partial charge in [-0.1, -0.05) is 37.3 Å². The molecule has 0 unspecified atom stereocenters. The van der Waals surface area contributed by atoms with Gasteiger partial charge in [-0.05, 0) is 42.7 Å². The molecule has 3 N–H and O–H groups in total. The van der Waals surface area contributed by atoms with Crippen LogP contribution in [0.15, 0.2) is 48.5 Å². The molecule has 8 heteroatoms. The maximum atomic E-state index is 11.9. The second-order valence-electron chi connectivity index (χ2n) is 5.06. The Morgan fingerprint density at radius 2 is 1.48 bits per heavy atom. The number of carbonyl (C=O) groups excluding carboxylic acids is 2. The third-order valence-electron chi connectivity index (χ3n) is 3.15. The van der Waals surface area contributed by atoms with Crippen molar-refractivity contribution < 1.29 is 33.6 Å². The van der Waals surface area contributed by atoms with Gasteiger partial charge in [0, 0.05) is 0 Å². The van der Waals surface area contributed by atoms with E-state index in [4.69, 9.17) is 24.0 Å². The Balaban J connectivity index is 0.000000550. The van der Waals surface area contributed by atoms with Crippen molar-refractivity contribution in [2.45, 2.75) is 20.3 Å². The molecule has 2 aromatic carbocycles. The highest BCUT2D eigenvalue weighted by atomic mass is 31.2. The largest absolute Gasteiger partial charge is 0.466 e. The second kappa shape index (κ2) is 9.25. The normalized spacial score (nSPS) is 10.4. The number of esters is 2. The van der Waals surface area contributed by atoms with Crippen molar-refractivity contribution in [2.24, 2.45) is 0 Å². The molecule has 25 heavy (non-hydrogen) atoms. The first-order valence-electron chi connectivity index (χ1n) is 7.31. The zero-order valence-electron chi connectivity index (χ0n) is 13.7. The van der Waals surface area contributed by atoms with Crippen LogP contribution in [0.3, 0.4) is 0 Å². The number of hydrogen-bond donors (Lipinski definition) is 3. The number of benzene rings is 2. The first-order chi connectivity index (χ1) is 11.6. The third-order valence-corrected chi connectivity index (χ3v) is 3.15. The van der Waals surface area contributed by atoms with E-state index >= 15 is 0 Å². The molecule has 7 nitrogen and oxygen atoms in total. The van der Waals surface area contributed by atoms with Gasteiger partial charge in [0.25, 0.3) is 0 Å². The third kappa shape index (κ3) is 7.87. The van der Waals surface area contributed by atoms with E-state index in [1.54, 1.807) is 37.3 Å². The average Bonchev–Trinajstić information content (AvgIpc) is 2.53. The summed E-state index contributed by atoms with van der Waals surface area (Å²) in [5.41, 5.74) is 2.70. The van der Waals surface area contributed by atoms with E-state index in [2.05, 4.69) is 0 Å². The molecule has 2 rings (SSSR count). The molecule has 0 spiro atoms. The molecule has 0 heterocycles. The summed E-state index contributed by atoms with van der Waals surface area (Å²) in [7, 11) is -4.64. The van der Waals surface area contributed by atoms with Crippen LogP contribution in [0.5, 0.6) is 0 Å². The quantitative estimate of drug-likeness (QED) is 0.434. The van der Waals surface area contributed by atoms with Crippen molar-refractivity contribution in [1.29, 1.82) is 0 Å². The summed E-state index contributed by atoms with van der Waals surface area (Å²) in [6, 6.07) is 14.1. The van der Waals surface area contributed by atoms with E-state index in [9.17, 15) is 9.59 Å². The fraction of sp³-hybridized carbons (Fsp3) is 0.176. The van der Waals surface area contributed by atoms with Crippen molar-refractivity contribution in [3.8, 4) is 0 Å². The number of rotatable bonds is 3. The van der Waals surface area contributed by atoms with Crippen LogP contribution in [0.1, 0.15) is 38.8 Å². The number of ether oxygens (including phenoxy) is 1. The van der Waals surface area contributed by atoms with Crippen molar-refractivity contribution in [3.05, 3.63) is 70.8 Å². The van der Waals surface area contributed by atoms with Gasteiger partial charge in [-0.3, -0.25) is 0 Å². The van der Waals surface area contributed by atoms with Crippen LogP contribution in [0.2, 0.25) is 0 Å². The van der Waals surface area contributed by atoms with Gasteiger partial charge in [-0.2, -0.15) is 0 Å². The molecule has 0 bridgehead atoms. The zero-order valence-corrected chi connectivity index (χ0v) is 14.6. The van der Waals surface area contributed by atoms with Crippen molar-refractivity contribution in [3.63, 3.8) is 0 Å². The van der Waals surface area contributed by atoms with Gasteiger partial charge in [-0.15, -0.1) is 0 Å². The SMILES string of the molecule is CCc1ccc(C(=O)OC(=O)c2ccccc2C)cc1.O=P(O)(O)O. The molecular formula is C17H19O7P. The van der Waals surface area contributed by atoms with Crippen LogP contribution in [-0.4, -0.2) is 26.6 Å². The van der Waals surface area contributed by atoms with Gasteiger partial charge in [0.1, 0.15) is 0 Å². The summed E-state index contributed by atoms with van der Waals surface area (Å²) in [6.07, 6.45) is 0.900. The maximum Gasteiger partial charge on any atom is 0.466 e. The zero-order chi connectivity index (χ0) is 19.0. The monoisotopic (exact) mass is 366 g/mol. The van der Waals surface area contributed by atoms with E-state index in [1.165, 1.54) is 0 Å². The van der Waals surface area contributed by atoms with E-state index in [-0.39, 0.29) is 0 Å². The molecule has 0 aromatic heterocycles. The highest BCUT2D eigenvalue weighted by Crippen LogP contribution is 2.25. The van der Waals surface area contributed by atoms with Gasteiger partial charge >= 0.3 is 19.8 Å². The summed E-state index contributed by atoms with van der Waals surface area (Å²) in [5.74, 6) is -1.24. The Morgan fingerprint density at radius 1 is 0.960 bits per heavy atom. The average molecular weight is 366 g/mol. The first-order valence-corrected chi connectivity index (χ1v) is 8.87. The number of hydrogen-bond acceptors (Lipinski definition) is 4. The molecule has 0 saturated carbocycles. The fourth-order valence-electron chi connectivity index (χ4n) is 1.88. The van der Waals surface area contributed by atoms with Crippen molar-refractivity contribution >= 4 is 19.8 Å². The molecule has 0 atom stereocenters. The van der Waals surface area contributed by atoms with E-state index in [1.807, 2.05) is 25.1 Å². The Morgan fingerprint density at radius 3 is 1.96 bits per heavy atom. The number of phosphoric acid groups is 1. The summed E-state index contributed by atoms with van der Waals surface area (Å²) in [5, 5.41) is 0. The summed E-state index contributed by atoms with van der Waals surface area (Å²) < 4.78 is 13.8. The smallest absolute Gasteiger partial charge is 0.386 e. The lowest BCUT2D eigenvalue weighted by Crippen LogP contribution is -2.13. The molecular weight excluding hydrogens is 347 g/mol. The minimum absolute atomic E-state index is 0.379. The minimum atomic E-state index is -4.64. The predicted molar refractivity (Wildman–Crippen MR) is 91.0 cm³/mol. The van der Waals surface area contributed by atoms with E-state index < -0.39 is 19.8 Å². The Hall–Kier alpha value is -2.31. The summed E-state index contributed by atoms with van der Waals surface area (Å²) >= 11 is 0. The highest BCUT2D eigenvalue weighted by molar-refractivity contribution is 7.45. The number of carbonyl (C=O) groups is 2. The summed E-state index contributed by atoms with van der Waals surface area (Å²) in [6.45, 7) is 3.84. The molecule has 134 valence electrons. The van der Waals surface area contributed by atoms with Crippen LogP contribution in [0, 0.1) is 6.92 Å². The number of aryl methyl sites for hydroxylation is 2. The summed E-state index contributed by atoms with van der Waals surface area (Å²) in [4.78, 5) is 45.4. The molecule has 0 aliphatic rings. The molecule has 2 aromatic rings. The maximum absolute atomic E-state index is 11.9. The minimum Gasteiger partial charge on any atom is -0.386 e. The van der Waals surface area contributed by atoms with E-state index in [0.717, 1.165) is 17.5 Å². The van der Waals surface area contributed by atoms with Crippen molar-refractivity contribution in [2.75, 3.05) is 0 Å². The van der Waals surface area contributed by atoms with Crippen LogP contribution in [0.4, 0.5) is 0 Å². The molecule has 0 amide bonds. The van der Waals surface area contributed by atoms with Gasteiger partial charge in [-0.25, -0.2) is 14.2 Å². The predicted octanol–water partition coefficient (Wildman–Crippen LogP) is 2.63. The van der Waals surface area contributed by atoms with Crippen LogP contribution >= 0.6 is 7.82 Å². The van der Waals surface area contributed by atoms with Crippen LogP contribution in [0.25, 0.3) is 0 Å². The molecule has 0 radical (unpaired) electrons. The lowest BCUT2D eigenvalue weighted by atomic mass is 10.1. The lowest BCUT2D eigenvalue weighted by Gasteiger charge is -2.06. The first kappa shape index (κ1) is 20.7. The Kier molecular flexibility index (Phi) is 7.67. The lowest BCUT2D eigenvalue weighted by molar-refractivity contribution is 0.0397. The van der Waals surface area contributed by atoms with Crippen LogP contribution in [-0.2, 0) is 15.7 Å².